The van der Waals surface area contributed by atoms with Crippen LogP contribution in [0.1, 0.15) is 24.5 Å². The summed E-state index contributed by atoms with van der Waals surface area (Å²) in [5.41, 5.74) is 1.33. The van der Waals surface area contributed by atoms with Gasteiger partial charge in [0.15, 0.2) is 0 Å². The normalized spacial score (nSPS) is 29.6. The number of halogens is 1. The maximum Gasteiger partial charge on any atom is 0.123 e. The van der Waals surface area contributed by atoms with Gasteiger partial charge in [-0.2, -0.15) is 11.8 Å². The number of aliphatic hydroxyl groups is 1. The molecule has 0 aromatic heterocycles. The smallest absolute Gasteiger partial charge is 0.123 e. The number of benzene rings is 1. The first-order valence-electron chi connectivity index (χ1n) is 5.57. The quantitative estimate of drug-likeness (QED) is 0.857. The first-order chi connectivity index (χ1) is 7.48. The molecule has 0 aliphatic carbocycles. The molecular weight excluding hydrogens is 223 g/mol. The van der Waals surface area contributed by atoms with E-state index in [-0.39, 0.29) is 5.82 Å². The lowest BCUT2D eigenvalue weighted by Crippen LogP contribution is -2.31. The molecule has 0 amide bonds. The van der Waals surface area contributed by atoms with Crippen molar-refractivity contribution in [2.75, 3.05) is 5.75 Å². The zero-order chi connectivity index (χ0) is 11.8. The van der Waals surface area contributed by atoms with Crippen LogP contribution in [0.25, 0.3) is 0 Å². The van der Waals surface area contributed by atoms with Gasteiger partial charge >= 0.3 is 0 Å². The van der Waals surface area contributed by atoms with E-state index < -0.39 is 5.60 Å². The second-order valence-electron chi connectivity index (χ2n) is 4.80. The molecule has 0 spiro atoms. The zero-order valence-corrected chi connectivity index (χ0v) is 10.5. The molecule has 1 N–H and O–H groups in total. The van der Waals surface area contributed by atoms with Gasteiger partial charge in [0.1, 0.15) is 5.82 Å². The van der Waals surface area contributed by atoms with Crippen LogP contribution in [0.4, 0.5) is 4.39 Å². The van der Waals surface area contributed by atoms with Crippen molar-refractivity contribution in [1.82, 2.24) is 0 Å². The van der Waals surface area contributed by atoms with Crippen LogP contribution in [0.2, 0.25) is 0 Å². The van der Waals surface area contributed by atoms with Gasteiger partial charge in [0.25, 0.3) is 0 Å². The summed E-state index contributed by atoms with van der Waals surface area (Å²) in [5, 5.41) is 10.9. The number of thioether (sulfide) groups is 1. The summed E-state index contributed by atoms with van der Waals surface area (Å²) < 4.78 is 13.1. The van der Waals surface area contributed by atoms with Crippen molar-refractivity contribution in [2.24, 2.45) is 0 Å². The van der Waals surface area contributed by atoms with Crippen LogP contribution in [0.15, 0.2) is 18.2 Å². The third-order valence-electron chi connectivity index (χ3n) is 3.13. The van der Waals surface area contributed by atoms with Gasteiger partial charge in [-0.05, 0) is 36.6 Å². The predicted molar refractivity (Wildman–Crippen MR) is 66.3 cm³/mol. The molecule has 1 aromatic rings. The summed E-state index contributed by atoms with van der Waals surface area (Å²) in [5.74, 6) is 0.535. The van der Waals surface area contributed by atoms with Crippen molar-refractivity contribution in [3.05, 3.63) is 35.1 Å². The SMILES string of the molecule is Cc1ccc(F)cc1CC1(O)CSC(C)C1. The van der Waals surface area contributed by atoms with Crippen LogP contribution in [-0.4, -0.2) is 21.7 Å². The van der Waals surface area contributed by atoms with E-state index in [1.54, 1.807) is 23.9 Å². The molecule has 1 aliphatic rings. The molecule has 1 saturated heterocycles. The van der Waals surface area contributed by atoms with Crippen molar-refractivity contribution >= 4 is 11.8 Å². The van der Waals surface area contributed by atoms with Gasteiger partial charge in [0, 0.05) is 17.4 Å². The average molecular weight is 240 g/mol. The van der Waals surface area contributed by atoms with E-state index >= 15 is 0 Å². The van der Waals surface area contributed by atoms with Crippen LogP contribution < -0.4 is 0 Å². The van der Waals surface area contributed by atoms with Crippen LogP contribution in [0.3, 0.4) is 0 Å². The van der Waals surface area contributed by atoms with E-state index in [0.717, 1.165) is 23.3 Å². The minimum atomic E-state index is -0.650. The molecule has 0 radical (unpaired) electrons. The van der Waals surface area contributed by atoms with E-state index in [1.165, 1.54) is 6.07 Å². The average Bonchev–Trinajstić information content (AvgIpc) is 2.52. The van der Waals surface area contributed by atoms with E-state index in [9.17, 15) is 9.50 Å². The summed E-state index contributed by atoms with van der Waals surface area (Å²) in [4.78, 5) is 0. The molecule has 1 aliphatic heterocycles. The summed E-state index contributed by atoms with van der Waals surface area (Å²) in [6, 6.07) is 4.79. The first-order valence-corrected chi connectivity index (χ1v) is 6.62. The van der Waals surface area contributed by atoms with Crippen LogP contribution >= 0.6 is 11.8 Å². The highest BCUT2D eigenvalue weighted by molar-refractivity contribution is 8.00. The molecular formula is C13H17FOS. The third kappa shape index (κ3) is 2.58. The van der Waals surface area contributed by atoms with Crippen LogP contribution in [-0.2, 0) is 6.42 Å². The Morgan fingerprint density at radius 3 is 2.94 bits per heavy atom. The van der Waals surface area contributed by atoms with E-state index in [0.29, 0.717) is 11.7 Å². The second-order valence-corrected chi connectivity index (χ2v) is 6.22. The molecule has 0 saturated carbocycles. The molecule has 3 heteroatoms. The Morgan fingerprint density at radius 1 is 1.56 bits per heavy atom. The lowest BCUT2D eigenvalue weighted by molar-refractivity contribution is 0.0640. The van der Waals surface area contributed by atoms with Crippen molar-refractivity contribution in [1.29, 1.82) is 0 Å². The van der Waals surface area contributed by atoms with Gasteiger partial charge in [-0.25, -0.2) is 4.39 Å². The number of hydrogen-bond donors (Lipinski definition) is 1. The zero-order valence-electron chi connectivity index (χ0n) is 9.66. The third-order valence-corrected chi connectivity index (χ3v) is 4.57. The summed E-state index contributed by atoms with van der Waals surface area (Å²) in [6.07, 6.45) is 1.36. The van der Waals surface area contributed by atoms with Crippen LogP contribution in [0, 0.1) is 12.7 Å². The Morgan fingerprint density at radius 2 is 2.31 bits per heavy atom. The minimum Gasteiger partial charge on any atom is -0.389 e. The fourth-order valence-corrected chi connectivity index (χ4v) is 3.50. The van der Waals surface area contributed by atoms with Crippen molar-refractivity contribution in [3.8, 4) is 0 Å². The Kier molecular flexibility index (Phi) is 3.27. The fraction of sp³-hybridized carbons (Fsp3) is 0.538. The Balaban J connectivity index is 2.17. The van der Waals surface area contributed by atoms with E-state index in [1.807, 2.05) is 6.92 Å². The minimum absolute atomic E-state index is 0.220. The van der Waals surface area contributed by atoms with Gasteiger partial charge in [0.2, 0.25) is 0 Å². The molecule has 0 bridgehead atoms. The summed E-state index contributed by atoms with van der Waals surface area (Å²) >= 11 is 1.79. The Bertz CT molecular complexity index is 394. The summed E-state index contributed by atoms with van der Waals surface area (Å²) in [6.45, 7) is 4.09. The predicted octanol–water partition coefficient (Wildman–Crippen LogP) is 2.93. The van der Waals surface area contributed by atoms with E-state index in [2.05, 4.69) is 6.92 Å². The van der Waals surface area contributed by atoms with E-state index in [4.69, 9.17) is 0 Å². The van der Waals surface area contributed by atoms with Gasteiger partial charge in [-0.1, -0.05) is 13.0 Å². The number of hydrogen-bond acceptors (Lipinski definition) is 2. The second kappa shape index (κ2) is 4.38. The lowest BCUT2D eigenvalue weighted by Gasteiger charge is -2.22. The topological polar surface area (TPSA) is 20.2 Å². The number of aryl methyl sites for hydroxylation is 1. The maximum absolute atomic E-state index is 13.1. The summed E-state index contributed by atoms with van der Waals surface area (Å²) in [7, 11) is 0. The van der Waals surface area contributed by atoms with Crippen molar-refractivity contribution < 1.29 is 9.50 Å². The molecule has 16 heavy (non-hydrogen) atoms. The maximum atomic E-state index is 13.1. The molecule has 1 nitrogen and oxygen atoms in total. The van der Waals surface area contributed by atoms with Crippen molar-refractivity contribution in [3.63, 3.8) is 0 Å². The fourth-order valence-electron chi connectivity index (χ4n) is 2.26. The monoisotopic (exact) mass is 240 g/mol. The van der Waals surface area contributed by atoms with Gasteiger partial charge < -0.3 is 5.11 Å². The Hall–Kier alpha value is -0.540. The molecule has 2 rings (SSSR count). The Labute approximate surface area is 100 Å². The molecule has 88 valence electrons. The highest BCUT2D eigenvalue weighted by atomic mass is 32.2. The molecule has 1 fully saturated rings. The molecule has 2 atom stereocenters. The molecule has 2 unspecified atom stereocenters. The number of rotatable bonds is 2. The molecule has 1 heterocycles. The van der Waals surface area contributed by atoms with Crippen molar-refractivity contribution in [2.45, 2.75) is 37.5 Å². The largest absolute Gasteiger partial charge is 0.389 e. The standard InChI is InChI=1S/C13H17FOS/c1-9-3-4-12(14)5-11(9)7-13(15)6-10(2)16-8-13/h3-5,10,15H,6-8H2,1-2H3. The lowest BCUT2D eigenvalue weighted by atomic mass is 9.90. The van der Waals surface area contributed by atoms with Gasteiger partial charge in [-0.15, -0.1) is 0 Å². The van der Waals surface area contributed by atoms with Crippen LogP contribution in [0.5, 0.6) is 0 Å². The highest BCUT2D eigenvalue weighted by Crippen LogP contribution is 2.36. The molecule has 1 aromatic carbocycles. The highest BCUT2D eigenvalue weighted by Gasteiger charge is 2.36. The van der Waals surface area contributed by atoms with Gasteiger partial charge in [-0.3, -0.25) is 0 Å². The van der Waals surface area contributed by atoms with Gasteiger partial charge in [0.05, 0.1) is 5.60 Å². The first kappa shape index (κ1) is 11.9.